The minimum Gasteiger partial charge on any atom is -0.299 e. The van der Waals surface area contributed by atoms with Gasteiger partial charge in [0.05, 0.1) is 10.6 Å². The molecule has 1 aromatic rings. The summed E-state index contributed by atoms with van der Waals surface area (Å²) in [5, 5.41) is 0. The number of hydrazine groups is 1. The molecule has 25 heavy (non-hydrogen) atoms. The first-order valence-corrected chi connectivity index (χ1v) is 10.7. The van der Waals surface area contributed by atoms with E-state index in [1.54, 1.807) is 24.3 Å². The third-order valence-corrected chi connectivity index (χ3v) is 6.82. The second-order valence-electron chi connectivity index (χ2n) is 7.64. The third kappa shape index (κ3) is 4.52. The molecule has 0 unspecified atom stereocenters. The summed E-state index contributed by atoms with van der Waals surface area (Å²) in [6, 6.07) is 6.53. The number of carbonyl (C=O) groups excluding carboxylic acids is 1. The highest BCUT2D eigenvalue weighted by Crippen LogP contribution is 2.50. The molecule has 3 saturated carbocycles. The van der Waals surface area contributed by atoms with Crippen molar-refractivity contribution in [3.05, 3.63) is 24.3 Å². The van der Waals surface area contributed by atoms with Crippen LogP contribution in [0.5, 0.6) is 0 Å². The largest absolute Gasteiger partial charge is 0.299 e. The molecular weight excluding hydrogens is 338 g/mol. The Morgan fingerprint density at radius 1 is 1.00 bits per heavy atom. The molecule has 3 aliphatic rings. The van der Waals surface area contributed by atoms with Crippen LogP contribution in [0.2, 0.25) is 0 Å². The second-order valence-corrected chi connectivity index (χ2v) is 9.35. The standard InChI is InChI=1S/C18H25N3O3S/c22-18(11-17(12-1-2-12)13-3-4-13)20-19-14-7-9-16(10-8-14)25(23,24)21-15-5-6-15/h7-10,12-13,15,17,19,21H,1-6,11H2,(H,20,22). The lowest BCUT2D eigenvalue weighted by Gasteiger charge is -2.16. The number of amides is 1. The van der Waals surface area contributed by atoms with E-state index in [9.17, 15) is 13.2 Å². The number of carbonyl (C=O) groups is 1. The summed E-state index contributed by atoms with van der Waals surface area (Å²) in [6.45, 7) is 0. The molecule has 0 atom stereocenters. The smallest absolute Gasteiger partial charge is 0.240 e. The van der Waals surface area contributed by atoms with Gasteiger partial charge in [-0.15, -0.1) is 0 Å². The Morgan fingerprint density at radius 2 is 1.60 bits per heavy atom. The zero-order valence-corrected chi connectivity index (χ0v) is 15.0. The van der Waals surface area contributed by atoms with Crippen LogP contribution >= 0.6 is 0 Å². The molecule has 4 rings (SSSR count). The third-order valence-electron chi connectivity index (χ3n) is 5.29. The lowest BCUT2D eigenvalue weighted by Crippen LogP contribution is -2.31. The molecule has 1 aromatic carbocycles. The van der Waals surface area contributed by atoms with Crippen molar-refractivity contribution in [1.82, 2.24) is 10.1 Å². The van der Waals surface area contributed by atoms with E-state index in [-0.39, 0.29) is 16.8 Å². The Balaban J connectivity index is 1.28. The van der Waals surface area contributed by atoms with Gasteiger partial charge in [0.15, 0.2) is 0 Å². The van der Waals surface area contributed by atoms with Crippen molar-refractivity contribution in [2.75, 3.05) is 5.43 Å². The molecule has 136 valence electrons. The number of anilines is 1. The van der Waals surface area contributed by atoms with Gasteiger partial charge in [-0.2, -0.15) is 0 Å². The van der Waals surface area contributed by atoms with Crippen molar-refractivity contribution in [2.45, 2.75) is 55.9 Å². The van der Waals surface area contributed by atoms with Gasteiger partial charge in [0.25, 0.3) is 0 Å². The average Bonchev–Trinajstić information content (AvgIpc) is 3.45. The summed E-state index contributed by atoms with van der Waals surface area (Å²) in [5.41, 5.74) is 6.30. The summed E-state index contributed by atoms with van der Waals surface area (Å²) in [5.74, 6) is 2.06. The molecular formula is C18H25N3O3S. The Morgan fingerprint density at radius 3 is 2.12 bits per heavy atom. The predicted octanol–water partition coefficient (Wildman–Crippen LogP) is 2.40. The van der Waals surface area contributed by atoms with Crippen LogP contribution in [-0.2, 0) is 14.8 Å². The number of rotatable bonds is 9. The van der Waals surface area contributed by atoms with Crippen molar-refractivity contribution >= 4 is 21.6 Å². The summed E-state index contributed by atoms with van der Waals surface area (Å²) in [4.78, 5) is 12.4. The van der Waals surface area contributed by atoms with E-state index in [4.69, 9.17) is 0 Å². The van der Waals surface area contributed by atoms with Gasteiger partial charge in [0, 0.05) is 12.5 Å². The van der Waals surface area contributed by atoms with Crippen molar-refractivity contribution < 1.29 is 13.2 Å². The van der Waals surface area contributed by atoms with E-state index in [1.165, 1.54) is 25.7 Å². The highest BCUT2D eigenvalue weighted by molar-refractivity contribution is 7.89. The minimum absolute atomic E-state index is 0.0101. The maximum atomic E-state index is 12.2. The van der Waals surface area contributed by atoms with Crippen molar-refractivity contribution in [3.8, 4) is 0 Å². The molecule has 0 spiro atoms. The molecule has 1 amide bonds. The monoisotopic (exact) mass is 363 g/mol. The second kappa shape index (κ2) is 6.61. The van der Waals surface area contributed by atoms with Crippen LogP contribution in [0.4, 0.5) is 5.69 Å². The molecule has 3 aliphatic carbocycles. The van der Waals surface area contributed by atoms with Gasteiger partial charge in [-0.05, 0) is 80.5 Å². The number of nitrogens with one attached hydrogen (secondary N) is 3. The first-order chi connectivity index (χ1) is 12.0. The van der Waals surface area contributed by atoms with E-state index in [1.807, 2.05) is 0 Å². The first-order valence-electron chi connectivity index (χ1n) is 9.18. The molecule has 6 nitrogen and oxygen atoms in total. The summed E-state index contributed by atoms with van der Waals surface area (Å²) < 4.78 is 26.9. The van der Waals surface area contributed by atoms with Crippen LogP contribution in [0.15, 0.2) is 29.2 Å². The average molecular weight is 363 g/mol. The van der Waals surface area contributed by atoms with Gasteiger partial charge in [-0.1, -0.05) is 0 Å². The quantitative estimate of drug-likeness (QED) is 0.588. The molecule has 0 saturated heterocycles. The number of hydrogen-bond donors (Lipinski definition) is 3. The summed E-state index contributed by atoms with van der Waals surface area (Å²) in [6.07, 6.45) is 7.49. The van der Waals surface area contributed by atoms with Crippen molar-refractivity contribution in [3.63, 3.8) is 0 Å². The van der Waals surface area contributed by atoms with Gasteiger partial charge in [0.1, 0.15) is 0 Å². The fourth-order valence-electron chi connectivity index (χ4n) is 3.38. The Kier molecular flexibility index (Phi) is 4.45. The normalized spacial score (nSPS) is 20.5. The summed E-state index contributed by atoms with van der Waals surface area (Å²) in [7, 11) is -3.43. The first kappa shape index (κ1) is 16.8. The molecule has 0 aliphatic heterocycles. The maximum Gasteiger partial charge on any atom is 0.240 e. The Hall–Kier alpha value is -1.60. The highest BCUT2D eigenvalue weighted by atomic mass is 32.2. The van der Waals surface area contributed by atoms with E-state index in [0.29, 0.717) is 18.0 Å². The van der Waals surface area contributed by atoms with Gasteiger partial charge >= 0.3 is 0 Å². The molecule has 0 radical (unpaired) electrons. The van der Waals surface area contributed by atoms with E-state index in [2.05, 4.69) is 15.6 Å². The van der Waals surface area contributed by atoms with E-state index >= 15 is 0 Å². The zero-order valence-electron chi connectivity index (χ0n) is 14.2. The van der Waals surface area contributed by atoms with Crippen LogP contribution in [-0.4, -0.2) is 20.4 Å². The maximum absolute atomic E-state index is 12.2. The molecule has 0 bridgehead atoms. The fourth-order valence-corrected chi connectivity index (χ4v) is 4.69. The van der Waals surface area contributed by atoms with Gasteiger partial charge in [-0.25, -0.2) is 13.1 Å². The van der Waals surface area contributed by atoms with Gasteiger partial charge in [0.2, 0.25) is 15.9 Å². The van der Waals surface area contributed by atoms with E-state index in [0.717, 1.165) is 24.7 Å². The van der Waals surface area contributed by atoms with Gasteiger partial charge in [-0.3, -0.25) is 15.6 Å². The van der Waals surface area contributed by atoms with E-state index < -0.39 is 10.0 Å². The highest BCUT2D eigenvalue weighted by Gasteiger charge is 2.42. The molecule has 3 fully saturated rings. The molecule has 3 N–H and O–H groups in total. The van der Waals surface area contributed by atoms with Crippen LogP contribution in [0.25, 0.3) is 0 Å². The minimum atomic E-state index is -3.43. The van der Waals surface area contributed by atoms with Crippen LogP contribution in [0, 0.1) is 17.8 Å². The van der Waals surface area contributed by atoms with Crippen LogP contribution < -0.4 is 15.6 Å². The Bertz CT molecular complexity index is 723. The lowest BCUT2D eigenvalue weighted by molar-refractivity contribution is -0.121. The van der Waals surface area contributed by atoms with Crippen molar-refractivity contribution in [2.24, 2.45) is 17.8 Å². The number of benzene rings is 1. The van der Waals surface area contributed by atoms with Crippen molar-refractivity contribution in [1.29, 1.82) is 0 Å². The molecule has 0 aromatic heterocycles. The molecule has 0 heterocycles. The topological polar surface area (TPSA) is 87.3 Å². The zero-order chi connectivity index (χ0) is 17.4. The van der Waals surface area contributed by atoms with Crippen LogP contribution in [0.1, 0.15) is 44.9 Å². The SMILES string of the molecule is O=C(CC(C1CC1)C1CC1)NNc1ccc(S(=O)(=O)NC2CC2)cc1. The van der Waals surface area contributed by atoms with Crippen LogP contribution in [0.3, 0.4) is 0 Å². The Labute approximate surface area is 148 Å². The lowest BCUT2D eigenvalue weighted by atomic mass is 9.94. The fraction of sp³-hybridized carbons (Fsp3) is 0.611. The van der Waals surface area contributed by atoms with Gasteiger partial charge < -0.3 is 0 Å². The number of sulfonamides is 1. The summed E-state index contributed by atoms with van der Waals surface area (Å²) >= 11 is 0. The number of hydrogen-bond acceptors (Lipinski definition) is 4. The predicted molar refractivity (Wildman–Crippen MR) is 95.1 cm³/mol. The molecule has 7 heteroatoms.